The first-order valence-electron chi connectivity index (χ1n) is 7.20. The molecule has 0 fully saturated rings. The van der Waals surface area contributed by atoms with Gasteiger partial charge in [-0.25, -0.2) is 9.97 Å². The Morgan fingerprint density at radius 2 is 2.04 bits per heavy atom. The number of rotatable bonds is 6. The predicted octanol–water partition coefficient (Wildman–Crippen LogP) is 3.98. The van der Waals surface area contributed by atoms with Gasteiger partial charge in [0.15, 0.2) is 0 Å². The van der Waals surface area contributed by atoms with E-state index >= 15 is 0 Å². The lowest BCUT2D eigenvalue weighted by Crippen LogP contribution is -2.23. The highest BCUT2D eigenvalue weighted by molar-refractivity contribution is 7.98. The topological polar surface area (TPSA) is 64.1 Å². The third-order valence-corrected chi connectivity index (χ3v) is 4.56. The van der Waals surface area contributed by atoms with E-state index < -0.39 is 0 Å². The molecule has 1 amide bonds. The molecule has 0 aliphatic rings. The molecule has 0 spiro atoms. The lowest BCUT2D eigenvalue weighted by Gasteiger charge is -2.08. The molecule has 1 aromatic carbocycles. The van der Waals surface area contributed by atoms with Crippen molar-refractivity contribution in [1.29, 1.82) is 0 Å². The number of nitrogens with one attached hydrogen (secondary N) is 1. The smallest absolute Gasteiger partial charge is 0.278 e. The van der Waals surface area contributed by atoms with E-state index in [2.05, 4.69) is 15.3 Å². The molecule has 122 valence electrons. The van der Waals surface area contributed by atoms with Gasteiger partial charge in [-0.2, -0.15) is 0 Å². The molecule has 1 N–H and O–H groups in total. The third-order valence-electron chi connectivity index (χ3n) is 3.20. The quantitative estimate of drug-likeness (QED) is 0.676. The number of nitrogens with zero attached hydrogens (tertiary/aromatic N) is 2. The third kappa shape index (κ3) is 4.12. The second kappa shape index (κ2) is 7.94. The van der Waals surface area contributed by atoms with Gasteiger partial charge in [0, 0.05) is 24.3 Å². The van der Waals surface area contributed by atoms with Gasteiger partial charge in [-0.05, 0) is 36.1 Å². The zero-order valence-corrected chi connectivity index (χ0v) is 14.6. The average Bonchev–Trinajstić information content (AvgIpc) is 3.14. The van der Waals surface area contributed by atoms with Crippen LogP contribution in [0.1, 0.15) is 15.9 Å². The predicted molar refractivity (Wildman–Crippen MR) is 95.8 cm³/mol. The Balaban J connectivity index is 1.59. The van der Waals surface area contributed by atoms with Crippen molar-refractivity contribution in [2.24, 2.45) is 0 Å². The molecule has 0 unspecified atom stereocenters. The summed E-state index contributed by atoms with van der Waals surface area (Å²) < 4.78 is 5.61. The molecular formula is C17H15N3O2S2. The minimum atomic E-state index is -0.129. The van der Waals surface area contributed by atoms with Crippen LogP contribution in [0.15, 0.2) is 59.2 Å². The molecule has 0 aliphatic carbocycles. The lowest BCUT2D eigenvalue weighted by molar-refractivity contribution is 0.0947. The van der Waals surface area contributed by atoms with Crippen LogP contribution in [-0.2, 0) is 6.54 Å². The van der Waals surface area contributed by atoms with Gasteiger partial charge >= 0.3 is 0 Å². The maximum absolute atomic E-state index is 12.3. The second-order valence-corrected chi connectivity index (χ2v) is 6.44. The average molecular weight is 357 g/mol. The summed E-state index contributed by atoms with van der Waals surface area (Å²) in [5.41, 5.74) is 1.58. The molecular weight excluding hydrogens is 342 g/mol. The lowest BCUT2D eigenvalue weighted by atomic mass is 10.2. The number of hydrogen-bond donors (Lipinski definition) is 1. The molecule has 2 aromatic heterocycles. The van der Waals surface area contributed by atoms with Gasteiger partial charge in [0.1, 0.15) is 10.8 Å². The van der Waals surface area contributed by atoms with Gasteiger partial charge in [0.05, 0.1) is 5.56 Å². The summed E-state index contributed by atoms with van der Waals surface area (Å²) >= 11 is 2.89. The highest BCUT2D eigenvalue weighted by Gasteiger charge is 2.11. The molecule has 0 saturated carbocycles. The summed E-state index contributed by atoms with van der Waals surface area (Å²) in [6.07, 6.45) is 5.29. The largest absolute Gasteiger partial charge is 0.431 e. The Labute approximate surface area is 148 Å². The Bertz CT molecular complexity index is 805. The monoisotopic (exact) mass is 357 g/mol. The van der Waals surface area contributed by atoms with E-state index in [1.807, 2.05) is 35.9 Å². The summed E-state index contributed by atoms with van der Waals surface area (Å²) in [5.74, 6) is 0.590. The van der Waals surface area contributed by atoms with Crippen molar-refractivity contribution < 1.29 is 9.53 Å². The molecule has 0 atom stereocenters. The molecule has 0 aliphatic heterocycles. The molecule has 24 heavy (non-hydrogen) atoms. The van der Waals surface area contributed by atoms with E-state index in [9.17, 15) is 4.79 Å². The first-order chi connectivity index (χ1) is 11.8. The summed E-state index contributed by atoms with van der Waals surface area (Å²) in [7, 11) is 0. The van der Waals surface area contributed by atoms with E-state index in [1.165, 1.54) is 23.1 Å². The van der Waals surface area contributed by atoms with Crippen LogP contribution < -0.4 is 10.1 Å². The number of ether oxygens (including phenoxy) is 1. The molecule has 5 nitrogen and oxygen atoms in total. The summed E-state index contributed by atoms with van der Waals surface area (Å²) in [6.45, 7) is 0.444. The first kappa shape index (κ1) is 16.5. The van der Waals surface area contributed by atoms with Crippen molar-refractivity contribution in [1.82, 2.24) is 15.3 Å². The van der Waals surface area contributed by atoms with Crippen molar-refractivity contribution in [3.05, 3.63) is 65.3 Å². The fourth-order valence-corrected chi connectivity index (χ4v) is 3.09. The number of aromatic nitrogens is 2. The molecule has 3 rings (SSSR count). The first-order valence-corrected chi connectivity index (χ1v) is 9.30. The molecule has 0 bridgehead atoms. The van der Waals surface area contributed by atoms with Crippen molar-refractivity contribution in [2.45, 2.75) is 11.6 Å². The number of thiazole rings is 1. The van der Waals surface area contributed by atoms with Crippen LogP contribution in [0.2, 0.25) is 0 Å². The number of pyridine rings is 1. The molecule has 3 aromatic rings. The van der Waals surface area contributed by atoms with Crippen LogP contribution in [0, 0.1) is 0 Å². The van der Waals surface area contributed by atoms with Crippen LogP contribution in [-0.4, -0.2) is 22.1 Å². The Hall–Kier alpha value is -2.38. The number of carbonyl (C=O) groups is 1. The van der Waals surface area contributed by atoms with E-state index in [4.69, 9.17) is 4.74 Å². The fraction of sp³-hybridized carbons (Fsp3) is 0.118. The van der Waals surface area contributed by atoms with E-state index in [1.54, 1.807) is 24.5 Å². The van der Waals surface area contributed by atoms with Gasteiger partial charge in [-0.15, -0.1) is 11.8 Å². The minimum absolute atomic E-state index is 0.129. The van der Waals surface area contributed by atoms with Crippen LogP contribution in [0.4, 0.5) is 0 Å². The van der Waals surface area contributed by atoms with Crippen LogP contribution >= 0.6 is 23.1 Å². The maximum Gasteiger partial charge on any atom is 0.278 e. The van der Waals surface area contributed by atoms with E-state index in [0.29, 0.717) is 17.3 Å². The zero-order valence-electron chi connectivity index (χ0n) is 12.9. The van der Waals surface area contributed by atoms with E-state index in [-0.39, 0.29) is 5.91 Å². The fourth-order valence-electron chi connectivity index (χ4n) is 2.04. The number of benzene rings is 1. The van der Waals surface area contributed by atoms with Crippen molar-refractivity contribution in [2.75, 3.05) is 6.26 Å². The van der Waals surface area contributed by atoms with E-state index in [0.717, 1.165) is 16.3 Å². The van der Waals surface area contributed by atoms with Gasteiger partial charge in [0.2, 0.25) is 0 Å². The number of hydrogen-bond acceptors (Lipinski definition) is 6. The van der Waals surface area contributed by atoms with Crippen molar-refractivity contribution in [3.8, 4) is 10.9 Å². The number of amides is 1. The summed E-state index contributed by atoms with van der Waals surface area (Å²) in [6, 6.07) is 11.1. The standard InChI is InChI=1S/C17H15N3O2S2/c1-23-16-14(3-2-8-18-16)15(21)20-11-12-4-6-13(7-5-12)22-17-19-9-10-24-17/h2-10H,11H2,1H3,(H,20,21). The van der Waals surface area contributed by atoms with Gasteiger partial charge in [-0.3, -0.25) is 4.79 Å². The molecule has 0 radical (unpaired) electrons. The minimum Gasteiger partial charge on any atom is -0.431 e. The van der Waals surface area contributed by atoms with Crippen LogP contribution in [0.25, 0.3) is 0 Å². The normalized spacial score (nSPS) is 10.4. The Morgan fingerprint density at radius 3 is 2.75 bits per heavy atom. The Kier molecular flexibility index (Phi) is 5.45. The molecule has 2 heterocycles. The summed E-state index contributed by atoms with van der Waals surface area (Å²) in [5, 5.41) is 6.11. The highest BCUT2D eigenvalue weighted by Crippen LogP contribution is 2.23. The SMILES string of the molecule is CSc1ncccc1C(=O)NCc1ccc(Oc2nccs2)cc1. The zero-order chi connectivity index (χ0) is 16.8. The second-order valence-electron chi connectivity index (χ2n) is 4.79. The number of thioether (sulfide) groups is 1. The van der Waals surface area contributed by atoms with Crippen molar-refractivity contribution in [3.63, 3.8) is 0 Å². The maximum atomic E-state index is 12.3. The van der Waals surface area contributed by atoms with Crippen molar-refractivity contribution >= 4 is 29.0 Å². The van der Waals surface area contributed by atoms with Gasteiger partial charge in [-0.1, -0.05) is 23.5 Å². The summed E-state index contributed by atoms with van der Waals surface area (Å²) in [4.78, 5) is 20.6. The van der Waals surface area contributed by atoms with Crippen LogP contribution in [0.3, 0.4) is 0 Å². The van der Waals surface area contributed by atoms with Gasteiger partial charge < -0.3 is 10.1 Å². The Morgan fingerprint density at radius 1 is 1.21 bits per heavy atom. The molecule has 7 heteroatoms. The van der Waals surface area contributed by atoms with Gasteiger partial charge in [0.25, 0.3) is 11.1 Å². The molecule has 0 saturated heterocycles. The van der Waals surface area contributed by atoms with Crippen LogP contribution in [0.5, 0.6) is 10.9 Å². The number of carbonyl (C=O) groups excluding carboxylic acids is 1. The highest BCUT2D eigenvalue weighted by atomic mass is 32.2.